The van der Waals surface area contributed by atoms with E-state index in [2.05, 4.69) is 39.0 Å². The Morgan fingerprint density at radius 1 is 1.08 bits per heavy atom. The van der Waals surface area contributed by atoms with Gasteiger partial charge in [0, 0.05) is 0 Å². The van der Waals surface area contributed by atoms with Gasteiger partial charge in [-0.3, -0.25) is 0 Å². The summed E-state index contributed by atoms with van der Waals surface area (Å²) in [6, 6.07) is 6.59. The summed E-state index contributed by atoms with van der Waals surface area (Å²) in [5, 5.41) is 0. The molecular weight excluding hydrogens is 144 g/mol. The van der Waals surface area contributed by atoms with Gasteiger partial charge in [0.05, 0.1) is 0 Å². The molecule has 2 rings (SSSR count). The minimum absolute atomic E-state index is 1.16. The van der Waals surface area contributed by atoms with E-state index in [9.17, 15) is 0 Å². The molecule has 0 nitrogen and oxygen atoms in total. The van der Waals surface area contributed by atoms with Gasteiger partial charge in [0.2, 0.25) is 0 Å². The summed E-state index contributed by atoms with van der Waals surface area (Å²) in [4.78, 5) is 0. The molecule has 0 bridgehead atoms. The van der Waals surface area contributed by atoms with Gasteiger partial charge in [-0.05, 0) is 49.5 Å². The number of benzene rings is 1. The van der Waals surface area contributed by atoms with Crippen LogP contribution in [0.3, 0.4) is 0 Å². The fourth-order valence-electron chi connectivity index (χ4n) is 2.04. The van der Waals surface area contributed by atoms with Gasteiger partial charge in [0.15, 0.2) is 0 Å². The molecule has 0 aromatic heterocycles. The predicted octanol–water partition coefficient (Wildman–Crippen LogP) is 3.34. The summed E-state index contributed by atoms with van der Waals surface area (Å²) >= 11 is 0. The van der Waals surface area contributed by atoms with E-state index in [1.165, 1.54) is 27.8 Å². The zero-order chi connectivity index (χ0) is 8.72. The van der Waals surface area contributed by atoms with Crippen molar-refractivity contribution in [2.45, 2.75) is 27.2 Å². The first-order valence-corrected chi connectivity index (χ1v) is 4.45. The van der Waals surface area contributed by atoms with Gasteiger partial charge in [-0.2, -0.15) is 0 Å². The molecule has 0 N–H and O–H groups in total. The van der Waals surface area contributed by atoms with Crippen LogP contribution in [0.5, 0.6) is 0 Å². The average molecular weight is 158 g/mol. The van der Waals surface area contributed by atoms with Crippen molar-refractivity contribution in [1.29, 1.82) is 0 Å². The molecule has 0 spiro atoms. The van der Waals surface area contributed by atoms with Crippen LogP contribution in [0.15, 0.2) is 23.8 Å². The SMILES string of the molecule is CC1=C(C)c2c(C)cccc2C1. The number of fused-ring (bicyclic) bond motifs is 1. The van der Waals surface area contributed by atoms with Crippen LogP contribution in [0, 0.1) is 6.92 Å². The lowest BCUT2D eigenvalue weighted by molar-refractivity contribution is 1.19. The van der Waals surface area contributed by atoms with Gasteiger partial charge in [0.25, 0.3) is 0 Å². The van der Waals surface area contributed by atoms with Crippen LogP contribution >= 0.6 is 0 Å². The second kappa shape index (κ2) is 2.48. The standard InChI is InChI=1S/C12H14/c1-8-5-4-6-11-7-9(2)10(3)12(8)11/h4-6H,7H2,1-3H3. The van der Waals surface area contributed by atoms with Crippen molar-refractivity contribution < 1.29 is 0 Å². The van der Waals surface area contributed by atoms with Crippen molar-refractivity contribution in [3.63, 3.8) is 0 Å². The van der Waals surface area contributed by atoms with Gasteiger partial charge in [-0.25, -0.2) is 0 Å². The number of allylic oxidation sites excluding steroid dienone is 2. The smallest absolute Gasteiger partial charge is 0.00578 e. The second-order valence-corrected chi connectivity index (χ2v) is 3.69. The van der Waals surface area contributed by atoms with Crippen LogP contribution < -0.4 is 0 Å². The zero-order valence-corrected chi connectivity index (χ0v) is 7.94. The van der Waals surface area contributed by atoms with E-state index in [1.54, 1.807) is 0 Å². The number of hydrogen-bond donors (Lipinski definition) is 0. The maximum absolute atomic E-state index is 2.24. The molecule has 0 heterocycles. The maximum atomic E-state index is 2.24. The monoisotopic (exact) mass is 158 g/mol. The van der Waals surface area contributed by atoms with Crippen LogP contribution in [0.2, 0.25) is 0 Å². The highest BCUT2D eigenvalue weighted by atomic mass is 14.2. The fourth-order valence-corrected chi connectivity index (χ4v) is 2.04. The van der Waals surface area contributed by atoms with Crippen molar-refractivity contribution >= 4 is 5.57 Å². The highest BCUT2D eigenvalue weighted by Crippen LogP contribution is 2.33. The molecule has 0 unspecified atom stereocenters. The van der Waals surface area contributed by atoms with E-state index < -0.39 is 0 Å². The van der Waals surface area contributed by atoms with Gasteiger partial charge in [0.1, 0.15) is 0 Å². The summed E-state index contributed by atoms with van der Waals surface area (Å²) in [5.41, 5.74) is 7.43. The molecule has 1 aliphatic rings. The van der Waals surface area contributed by atoms with Crippen molar-refractivity contribution in [2.75, 3.05) is 0 Å². The number of rotatable bonds is 0. The minimum atomic E-state index is 1.16. The highest BCUT2D eigenvalue weighted by molar-refractivity contribution is 5.76. The summed E-state index contributed by atoms with van der Waals surface area (Å²) in [6.45, 7) is 6.66. The molecule has 1 aromatic rings. The minimum Gasteiger partial charge on any atom is -0.0654 e. The first-order valence-electron chi connectivity index (χ1n) is 4.45. The van der Waals surface area contributed by atoms with Gasteiger partial charge in [-0.1, -0.05) is 23.8 Å². The first-order chi connectivity index (χ1) is 5.70. The third-order valence-corrected chi connectivity index (χ3v) is 2.83. The Hall–Kier alpha value is -1.04. The molecule has 0 heteroatoms. The molecule has 0 fully saturated rings. The topological polar surface area (TPSA) is 0 Å². The van der Waals surface area contributed by atoms with Gasteiger partial charge in [-0.15, -0.1) is 0 Å². The first kappa shape index (κ1) is 7.60. The largest absolute Gasteiger partial charge is 0.0654 e. The Kier molecular flexibility index (Phi) is 1.57. The second-order valence-electron chi connectivity index (χ2n) is 3.69. The lowest BCUT2D eigenvalue weighted by Gasteiger charge is -2.04. The van der Waals surface area contributed by atoms with E-state index in [0.29, 0.717) is 0 Å². The molecule has 0 aliphatic heterocycles. The predicted molar refractivity (Wildman–Crippen MR) is 53.2 cm³/mol. The Balaban J connectivity index is 2.67. The van der Waals surface area contributed by atoms with E-state index in [1.807, 2.05) is 0 Å². The van der Waals surface area contributed by atoms with E-state index >= 15 is 0 Å². The molecule has 12 heavy (non-hydrogen) atoms. The fraction of sp³-hybridized carbons (Fsp3) is 0.333. The maximum Gasteiger partial charge on any atom is -0.00578 e. The van der Waals surface area contributed by atoms with Crippen LogP contribution in [0.25, 0.3) is 5.57 Å². The number of aryl methyl sites for hydroxylation is 1. The Morgan fingerprint density at radius 2 is 1.83 bits per heavy atom. The molecule has 0 amide bonds. The molecule has 1 aromatic carbocycles. The Labute approximate surface area is 73.9 Å². The lowest BCUT2D eigenvalue weighted by Crippen LogP contribution is -1.86. The summed E-state index contributed by atoms with van der Waals surface area (Å²) in [5.74, 6) is 0. The normalized spacial score (nSPS) is 15.2. The quantitative estimate of drug-likeness (QED) is 0.543. The van der Waals surface area contributed by atoms with Crippen molar-refractivity contribution in [2.24, 2.45) is 0 Å². The van der Waals surface area contributed by atoms with Crippen molar-refractivity contribution in [3.05, 3.63) is 40.5 Å². The summed E-state index contributed by atoms with van der Waals surface area (Å²) in [7, 11) is 0. The third kappa shape index (κ3) is 0.911. The lowest BCUT2D eigenvalue weighted by atomic mass is 10.0. The molecule has 0 saturated heterocycles. The van der Waals surface area contributed by atoms with Crippen molar-refractivity contribution in [3.8, 4) is 0 Å². The van der Waals surface area contributed by atoms with Gasteiger partial charge < -0.3 is 0 Å². The molecule has 62 valence electrons. The van der Waals surface area contributed by atoms with E-state index in [0.717, 1.165) is 6.42 Å². The molecule has 0 saturated carbocycles. The summed E-state index contributed by atoms with van der Waals surface area (Å²) < 4.78 is 0. The van der Waals surface area contributed by atoms with Crippen LogP contribution in [-0.2, 0) is 6.42 Å². The third-order valence-electron chi connectivity index (χ3n) is 2.83. The molecule has 0 radical (unpaired) electrons. The average Bonchev–Trinajstić information content (AvgIpc) is 2.29. The van der Waals surface area contributed by atoms with Crippen LogP contribution in [0.1, 0.15) is 30.5 Å². The van der Waals surface area contributed by atoms with E-state index in [-0.39, 0.29) is 0 Å². The number of hydrogen-bond acceptors (Lipinski definition) is 0. The van der Waals surface area contributed by atoms with Crippen molar-refractivity contribution in [1.82, 2.24) is 0 Å². The molecule has 1 aliphatic carbocycles. The zero-order valence-electron chi connectivity index (χ0n) is 7.94. The molecular formula is C12H14. The summed E-state index contributed by atoms with van der Waals surface area (Å²) in [6.07, 6.45) is 1.16. The van der Waals surface area contributed by atoms with Crippen LogP contribution in [-0.4, -0.2) is 0 Å². The van der Waals surface area contributed by atoms with E-state index in [4.69, 9.17) is 0 Å². The van der Waals surface area contributed by atoms with Crippen LogP contribution in [0.4, 0.5) is 0 Å². The van der Waals surface area contributed by atoms with Gasteiger partial charge >= 0.3 is 0 Å². The molecule has 0 atom stereocenters. The Morgan fingerprint density at radius 3 is 2.50 bits per heavy atom. The highest BCUT2D eigenvalue weighted by Gasteiger charge is 2.16. The Bertz CT molecular complexity index is 356.